The maximum Gasteiger partial charge on any atom is 0.253 e. The molecular weight excluding hydrogens is 295 g/mol. The maximum atomic E-state index is 13.0. The van der Waals surface area contributed by atoms with Crippen LogP contribution < -0.4 is 15.8 Å². The molecule has 0 spiro atoms. The van der Waals surface area contributed by atoms with Crippen molar-refractivity contribution in [3.8, 4) is 5.75 Å². The number of nitrogens with two attached hydrogens (primary N) is 1. The number of hydrogen-bond donors (Lipinski definition) is 2. The summed E-state index contributed by atoms with van der Waals surface area (Å²) in [7, 11) is 1.52. The molecule has 3 N–H and O–H groups in total. The van der Waals surface area contributed by atoms with Gasteiger partial charge in [0.05, 0.1) is 17.7 Å². The average molecular weight is 309 g/mol. The second kappa shape index (κ2) is 6.45. The fourth-order valence-corrected chi connectivity index (χ4v) is 2.00. The number of hydrogen-bond acceptors (Lipinski definition) is 3. The number of halogens is 2. The Kier molecular flexibility index (Phi) is 4.65. The number of ether oxygens (including phenoxy) is 1. The van der Waals surface area contributed by atoms with E-state index >= 15 is 0 Å². The molecule has 0 aliphatic rings. The highest BCUT2D eigenvalue weighted by Crippen LogP contribution is 2.20. The van der Waals surface area contributed by atoms with Gasteiger partial charge in [0.15, 0.2) is 0 Å². The number of benzene rings is 2. The summed E-state index contributed by atoms with van der Waals surface area (Å²) in [6.45, 7) is 0.226. The van der Waals surface area contributed by atoms with Crippen molar-refractivity contribution in [3.05, 3.63) is 58.4 Å². The predicted octanol–water partition coefficient (Wildman–Crippen LogP) is 3.00. The van der Waals surface area contributed by atoms with E-state index < -0.39 is 5.82 Å². The van der Waals surface area contributed by atoms with Crippen LogP contribution in [0.2, 0.25) is 5.02 Å². The molecule has 2 aromatic rings. The van der Waals surface area contributed by atoms with Crippen molar-refractivity contribution in [1.82, 2.24) is 5.32 Å². The number of carbonyl (C=O) groups excluding carboxylic acids is 1. The zero-order valence-corrected chi connectivity index (χ0v) is 12.1. The van der Waals surface area contributed by atoms with E-state index in [1.165, 1.54) is 19.2 Å². The second-order valence-electron chi connectivity index (χ2n) is 4.38. The minimum Gasteiger partial charge on any atom is -0.497 e. The molecule has 0 fully saturated rings. The highest BCUT2D eigenvalue weighted by Gasteiger charge is 2.10. The van der Waals surface area contributed by atoms with Crippen LogP contribution in [0.4, 0.5) is 10.1 Å². The number of nitrogens with one attached hydrogen (secondary N) is 1. The summed E-state index contributed by atoms with van der Waals surface area (Å²) in [5.74, 6) is -0.240. The quantitative estimate of drug-likeness (QED) is 0.853. The lowest BCUT2D eigenvalue weighted by Gasteiger charge is -2.09. The van der Waals surface area contributed by atoms with Gasteiger partial charge in [0.25, 0.3) is 5.91 Å². The van der Waals surface area contributed by atoms with Crippen molar-refractivity contribution in [2.75, 3.05) is 12.8 Å². The molecule has 0 bridgehead atoms. The normalized spacial score (nSPS) is 10.2. The van der Waals surface area contributed by atoms with Gasteiger partial charge < -0.3 is 15.8 Å². The minimum atomic E-state index is -0.494. The van der Waals surface area contributed by atoms with Crippen LogP contribution in [0, 0.1) is 5.82 Å². The number of carbonyl (C=O) groups is 1. The number of rotatable bonds is 4. The molecule has 4 nitrogen and oxygen atoms in total. The molecule has 0 heterocycles. The van der Waals surface area contributed by atoms with Crippen LogP contribution in [0.25, 0.3) is 0 Å². The third-order valence-corrected chi connectivity index (χ3v) is 3.23. The van der Waals surface area contributed by atoms with Gasteiger partial charge in [0.2, 0.25) is 0 Å². The first-order valence-electron chi connectivity index (χ1n) is 6.17. The molecule has 0 atom stereocenters. The van der Waals surface area contributed by atoms with E-state index in [1.54, 1.807) is 24.3 Å². The van der Waals surface area contributed by atoms with Gasteiger partial charge in [-0.1, -0.05) is 17.7 Å². The summed E-state index contributed by atoms with van der Waals surface area (Å²) in [6, 6.07) is 9.09. The second-order valence-corrected chi connectivity index (χ2v) is 4.79. The first-order chi connectivity index (χ1) is 10.0. The topological polar surface area (TPSA) is 64.3 Å². The van der Waals surface area contributed by atoms with E-state index in [0.29, 0.717) is 22.6 Å². The molecule has 0 saturated carbocycles. The van der Waals surface area contributed by atoms with Crippen LogP contribution >= 0.6 is 11.6 Å². The summed E-state index contributed by atoms with van der Waals surface area (Å²) >= 11 is 5.68. The lowest BCUT2D eigenvalue weighted by atomic mass is 10.1. The van der Waals surface area contributed by atoms with Crippen molar-refractivity contribution in [1.29, 1.82) is 0 Å². The summed E-state index contributed by atoms with van der Waals surface area (Å²) in [5, 5.41) is 2.72. The predicted molar refractivity (Wildman–Crippen MR) is 80.0 cm³/mol. The van der Waals surface area contributed by atoms with Crippen LogP contribution in [0.1, 0.15) is 15.9 Å². The zero-order valence-electron chi connectivity index (χ0n) is 11.3. The molecule has 0 unspecified atom stereocenters. The third kappa shape index (κ3) is 3.64. The molecule has 0 aliphatic heterocycles. The van der Waals surface area contributed by atoms with E-state index in [4.69, 9.17) is 22.1 Å². The summed E-state index contributed by atoms with van der Waals surface area (Å²) < 4.78 is 18.1. The Morgan fingerprint density at radius 2 is 2.10 bits per heavy atom. The molecular formula is C15H14ClFN2O2. The van der Waals surface area contributed by atoms with Gasteiger partial charge in [-0.3, -0.25) is 4.79 Å². The van der Waals surface area contributed by atoms with E-state index in [9.17, 15) is 9.18 Å². The zero-order chi connectivity index (χ0) is 15.4. The largest absolute Gasteiger partial charge is 0.497 e. The van der Waals surface area contributed by atoms with Crippen molar-refractivity contribution in [2.24, 2.45) is 0 Å². The van der Waals surface area contributed by atoms with Crippen molar-refractivity contribution < 1.29 is 13.9 Å². The molecule has 0 radical (unpaired) electrons. The number of amides is 1. The number of nitrogen functional groups attached to an aromatic ring is 1. The van der Waals surface area contributed by atoms with E-state index in [2.05, 4.69) is 5.32 Å². The monoisotopic (exact) mass is 308 g/mol. The van der Waals surface area contributed by atoms with Gasteiger partial charge in [-0.2, -0.15) is 0 Å². The molecule has 2 rings (SSSR count). The Morgan fingerprint density at radius 3 is 2.71 bits per heavy atom. The lowest BCUT2D eigenvalue weighted by Crippen LogP contribution is -2.23. The molecule has 21 heavy (non-hydrogen) atoms. The highest BCUT2D eigenvalue weighted by molar-refractivity contribution is 6.30. The van der Waals surface area contributed by atoms with Gasteiger partial charge >= 0.3 is 0 Å². The van der Waals surface area contributed by atoms with Gasteiger partial charge in [-0.15, -0.1) is 0 Å². The van der Waals surface area contributed by atoms with Crippen LogP contribution in [0.5, 0.6) is 5.75 Å². The van der Waals surface area contributed by atoms with E-state index in [0.717, 1.165) is 0 Å². The van der Waals surface area contributed by atoms with Gasteiger partial charge in [0.1, 0.15) is 11.6 Å². The van der Waals surface area contributed by atoms with Crippen molar-refractivity contribution in [3.63, 3.8) is 0 Å². The summed E-state index contributed by atoms with van der Waals surface area (Å²) in [5.41, 5.74) is 7.17. The first-order valence-corrected chi connectivity index (χ1v) is 6.54. The molecule has 6 heteroatoms. The van der Waals surface area contributed by atoms with Gasteiger partial charge in [0, 0.05) is 18.3 Å². The minimum absolute atomic E-state index is 0.0192. The van der Waals surface area contributed by atoms with Crippen molar-refractivity contribution >= 4 is 23.2 Å². The third-order valence-electron chi connectivity index (χ3n) is 2.94. The fraction of sp³-hybridized carbons (Fsp3) is 0.133. The summed E-state index contributed by atoms with van der Waals surface area (Å²) in [6.07, 6.45) is 0. The van der Waals surface area contributed by atoms with Gasteiger partial charge in [-0.25, -0.2) is 4.39 Å². The Bertz CT molecular complexity index is 677. The molecule has 0 aromatic heterocycles. The Labute approximate surface area is 126 Å². The van der Waals surface area contributed by atoms with E-state index in [-0.39, 0.29) is 17.5 Å². The van der Waals surface area contributed by atoms with Gasteiger partial charge in [-0.05, 0) is 29.8 Å². The summed E-state index contributed by atoms with van der Waals surface area (Å²) in [4.78, 5) is 12.1. The van der Waals surface area contributed by atoms with Crippen LogP contribution in [-0.4, -0.2) is 13.0 Å². The Hall–Kier alpha value is -2.27. The van der Waals surface area contributed by atoms with Crippen LogP contribution in [0.3, 0.4) is 0 Å². The average Bonchev–Trinajstić information content (AvgIpc) is 2.48. The highest BCUT2D eigenvalue weighted by atomic mass is 35.5. The standard InChI is InChI=1S/C15H14ClFN2O2/c1-21-10-3-4-11(14(18)7-10)15(20)19-8-9-2-5-13(17)12(16)6-9/h2-7H,8,18H2,1H3,(H,19,20). The smallest absolute Gasteiger partial charge is 0.253 e. The molecule has 0 aliphatic carbocycles. The molecule has 0 saturated heterocycles. The SMILES string of the molecule is COc1ccc(C(=O)NCc2ccc(F)c(Cl)c2)c(N)c1. The molecule has 110 valence electrons. The van der Waals surface area contributed by atoms with E-state index in [1.807, 2.05) is 0 Å². The Balaban J connectivity index is 2.06. The maximum absolute atomic E-state index is 13.0. The number of anilines is 1. The Morgan fingerprint density at radius 1 is 1.33 bits per heavy atom. The fourth-order valence-electron chi connectivity index (χ4n) is 1.80. The number of methoxy groups -OCH3 is 1. The van der Waals surface area contributed by atoms with Crippen LogP contribution in [-0.2, 0) is 6.54 Å². The first kappa shape index (κ1) is 15.1. The van der Waals surface area contributed by atoms with Crippen LogP contribution in [0.15, 0.2) is 36.4 Å². The lowest BCUT2D eigenvalue weighted by molar-refractivity contribution is 0.0952. The van der Waals surface area contributed by atoms with Crippen molar-refractivity contribution in [2.45, 2.75) is 6.54 Å². The molecule has 1 amide bonds. The molecule has 2 aromatic carbocycles.